The molecular weight excluding hydrogens is 298 g/mol. The number of carbonyl (C=O) groups is 3. The number of carboxylic acids is 1. The summed E-state index contributed by atoms with van der Waals surface area (Å²) in [6.07, 6.45) is 1.85. The molecule has 122 valence electrons. The third kappa shape index (κ3) is 3.28. The van der Waals surface area contributed by atoms with Crippen LogP contribution in [-0.2, 0) is 9.59 Å². The fourth-order valence-electron chi connectivity index (χ4n) is 2.91. The summed E-state index contributed by atoms with van der Waals surface area (Å²) >= 11 is 0. The highest BCUT2D eigenvalue weighted by atomic mass is 16.4. The van der Waals surface area contributed by atoms with E-state index in [2.05, 4.69) is 5.32 Å². The van der Waals surface area contributed by atoms with E-state index in [0.717, 1.165) is 5.69 Å². The number of carboxylic acid groups (broad SMARTS) is 1. The monoisotopic (exact) mass is 317 g/mol. The summed E-state index contributed by atoms with van der Waals surface area (Å²) in [6, 6.07) is 6.82. The molecule has 23 heavy (non-hydrogen) atoms. The number of β-lactam (4-membered cyclic amide) rings is 1. The second kappa shape index (κ2) is 6.28. The molecule has 0 spiro atoms. The largest absolute Gasteiger partial charge is 0.481 e. The Balaban J connectivity index is 1.64. The molecule has 1 aromatic carbocycles. The van der Waals surface area contributed by atoms with Gasteiger partial charge in [-0.2, -0.15) is 0 Å². The van der Waals surface area contributed by atoms with Gasteiger partial charge in [0, 0.05) is 37.4 Å². The quantitative estimate of drug-likeness (QED) is 0.831. The van der Waals surface area contributed by atoms with Crippen LogP contribution in [0, 0.1) is 5.92 Å². The van der Waals surface area contributed by atoms with Crippen molar-refractivity contribution < 1.29 is 19.5 Å². The number of hydrogen-bond acceptors (Lipinski definition) is 3. The maximum absolute atomic E-state index is 12.3. The average molecular weight is 317 g/mol. The normalized spacial score (nSPS) is 20.9. The summed E-state index contributed by atoms with van der Waals surface area (Å²) in [5.74, 6) is -1.28. The van der Waals surface area contributed by atoms with Crippen molar-refractivity contribution in [3.63, 3.8) is 0 Å². The summed E-state index contributed by atoms with van der Waals surface area (Å²) in [5.41, 5.74) is 1.37. The number of amides is 3. The molecule has 0 saturated carbocycles. The summed E-state index contributed by atoms with van der Waals surface area (Å²) in [5, 5.41) is 11.9. The van der Waals surface area contributed by atoms with Gasteiger partial charge in [0.05, 0.1) is 5.92 Å². The maximum Gasteiger partial charge on any atom is 0.321 e. The first kappa shape index (κ1) is 15.3. The molecule has 7 heteroatoms. The summed E-state index contributed by atoms with van der Waals surface area (Å²) < 4.78 is 0. The van der Waals surface area contributed by atoms with E-state index in [0.29, 0.717) is 38.0 Å². The molecule has 1 unspecified atom stereocenters. The Kier molecular flexibility index (Phi) is 4.18. The molecule has 3 rings (SSSR count). The lowest BCUT2D eigenvalue weighted by Crippen LogP contribution is -2.44. The average Bonchev–Trinajstić information content (AvgIpc) is 2.54. The van der Waals surface area contributed by atoms with Gasteiger partial charge in [0.1, 0.15) is 0 Å². The zero-order valence-corrected chi connectivity index (χ0v) is 12.7. The van der Waals surface area contributed by atoms with Crippen LogP contribution in [0.3, 0.4) is 0 Å². The molecule has 7 nitrogen and oxygen atoms in total. The van der Waals surface area contributed by atoms with Crippen molar-refractivity contribution in [3.05, 3.63) is 24.3 Å². The van der Waals surface area contributed by atoms with Crippen molar-refractivity contribution in [1.29, 1.82) is 0 Å². The van der Waals surface area contributed by atoms with E-state index in [9.17, 15) is 14.4 Å². The first-order valence-electron chi connectivity index (χ1n) is 7.74. The first-order valence-corrected chi connectivity index (χ1v) is 7.74. The van der Waals surface area contributed by atoms with Gasteiger partial charge < -0.3 is 20.2 Å². The predicted molar refractivity (Wildman–Crippen MR) is 84.4 cm³/mol. The van der Waals surface area contributed by atoms with Gasteiger partial charge in [-0.3, -0.25) is 9.59 Å². The van der Waals surface area contributed by atoms with Crippen LogP contribution < -0.4 is 10.2 Å². The molecule has 1 atom stereocenters. The molecule has 2 aliphatic heterocycles. The zero-order chi connectivity index (χ0) is 16.4. The van der Waals surface area contributed by atoms with Crippen molar-refractivity contribution in [3.8, 4) is 0 Å². The lowest BCUT2D eigenvalue weighted by atomic mass is 9.99. The molecule has 3 amide bonds. The van der Waals surface area contributed by atoms with Crippen molar-refractivity contribution in [2.45, 2.75) is 19.3 Å². The third-order valence-corrected chi connectivity index (χ3v) is 4.32. The lowest BCUT2D eigenvalue weighted by Gasteiger charge is -2.32. The fourth-order valence-corrected chi connectivity index (χ4v) is 2.91. The van der Waals surface area contributed by atoms with Crippen molar-refractivity contribution >= 4 is 29.3 Å². The number of nitrogens with one attached hydrogen (secondary N) is 1. The van der Waals surface area contributed by atoms with E-state index in [4.69, 9.17) is 5.11 Å². The molecule has 0 aliphatic carbocycles. The highest BCUT2D eigenvalue weighted by Crippen LogP contribution is 2.25. The van der Waals surface area contributed by atoms with Crippen LogP contribution in [0.2, 0.25) is 0 Å². The summed E-state index contributed by atoms with van der Waals surface area (Å²) in [4.78, 5) is 38.1. The van der Waals surface area contributed by atoms with Crippen molar-refractivity contribution in [1.82, 2.24) is 4.90 Å². The topological polar surface area (TPSA) is 89.9 Å². The lowest BCUT2D eigenvalue weighted by molar-refractivity contribution is -0.143. The summed E-state index contributed by atoms with van der Waals surface area (Å²) in [7, 11) is 0. The SMILES string of the molecule is O=C(O)C1CCCN(C(=O)Nc2cccc(N3CCC3=O)c2)C1. The van der Waals surface area contributed by atoms with Gasteiger partial charge in [0.2, 0.25) is 5.91 Å². The van der Waals surface area contributed by atoms with E-state index in [1.807, 2.05) is 6.07 Å². The van der Waals surface area contributed by atoms with Crippen LogP contribution in [0.15, 0.2) is 24.3 Å². The Morgan fingerprint density at radius 1 is 1.26 bits per heavy atom. The second-order valence-electron chi connectivity index (χ2n) is 5.90. The minimum Gasteiger partial charge on any atom is -0.481 e. The number of rotatable bonds is 3. The molecule has 0 radical (unpaired) electrons. The Hall–Kier alpha value is -2.57. The minimum atomic E-state index is -0.860. The van der Waals surface area contributed by atoms with Crippen LogP contribution in [0.5, 0.6) is 0 Å². The Morgan fingerprint density at radius 3 is 2.74 bits per heavy atom. The van der Waals surface area contributed by atoms with Gasteiger partial charge in [-0.15, -0.1) is 0 Å². The van der Waals surface area contributed by atoms with Crippen LogP contribution >= 0.6 is 0 Å². The molecule has 2 aliphatic rings. The highest BCUT2D eigenvalue weighted by molar-refractivity contribution is 6.00. The second-order valence-corrected chi connectivity index (χ2v) is 5.90. The third-order valence-electron chi connectivity index (χ3n) is 4.32. The molecule has 0 aromatic heterocycles. The Labute approximate surface area is 133 Å². The van der Waals surface area contributed by atoms with Crippen LogP contribution in [0.1, 0.15) is 19.3 Å². The number of piperidine rings is 1. The summed E-state index contributed by atoms with van der Waals surface area (Å²) in [6.45, 7) is 1.48. The van der Waals surface area contributed by atoms with Crippen LogP contribution in [-0.4, -0.2) is 47.5 Å². The number of hydrogen-bond donors (Lipinski definition) is 2. The van der Waals surface area contributed by atoms with E-state index in [1.165, 1.54) is 4.90 Å². The maximum atomic E-state index is 12.3. The van der Waals surface area contributed by atoms with Gasteiger partial charge in [0.15, 0.2) is 0 Å². The van der Waals surface area contributed by atoms with Crippen molar-refractivity contribution in [2.75, 3.05) is 29.9 Å². The van der Waals surface area contributed by atoms with Crippen LogP contribution in [0.25, 0.3) is 0 Å². The Morgan fingerprint density at radius 2 is 2.09 bits per heavy atom. The van der Waals surface area contributed by atoms with E-state index >= 15 is 0 Å². The first-order chi connectivity index (χ1) is 11.0. The van der Waals surface area contributed by atoms with Crippen molar-refractivity contribution in [2.24, 2.45) is 5.92 Å². The van der Waals surface area contributed by atoms with Gasteiger partial charge in [0.25, 0.3) is 0 Å². The smallest absolute Gasteiger partial charge is 0.321 e. The minimum absolute atomic E-state index is 0.0776. The number of nitrogens with zero attached hydrogens (tertiary/aromatic N) is 2. The zero-order valence-electron chi connectivity index (χ0n) is 12.7. The number of anilines is 2. The van der Waals surface area contributed by atoms with E-state index in [1.54, 1.807) is 23.1 Å². The fraction of sp³-hybridized carbons (Fsp3) is 0.438. The number of aliphatic carboxylic acids is 1. The molecule has 0 bridgehead atoms. The Bertz CT molecular complexity index is 646. The van der Waals surface area contributed by atoms with Gasteiger partial charge in [-0.1, -0.05) is 6.07 Å². The van der Waals surface area contributed by atoms with Gasteiger partial charge in [-0.25, -0.2) is 4.79 Å². The van der Waals surface area contributed by atoms with Gasteiger partial charge >= 0.3 is 12.0 Å². The molecule has 1 aromatic rings. The standard InChI is InChI=1S/C16H19N3O4/c20-14-6-8-19(14)13-5-1-4-12(9-13)17-16(23)18-7-2-3-11(10-18)15(21)22/h1,4-5,9,11H,2-3,6-8,10H2,(H,17,23)(H,21,22). The number of benzene rings is 1. The molecule has 2 saturated heterocycles. The molecule has 2 fully saturated rings. The molecular formula is C16H19N3O4. The molecule has 2 heterocycles. The predicted octanol–water partition coefficient (Wildman–Crippen LogP) is 1.75. The number of likely N-dealkylation sites (tertiary alicyclic amines) is 1. The van der Waals surface area contributed by atoms with Crippen LogP contribution in [0.4, 0.5) is 16.2 Å². The number of carbonyl (C=O) groups excluding carboxylic acids is 2. The van der Waals surface area contributed by atoms with E-state index in [-0.39, 0.29) is 18.5 Å². The molecule has 2 N–H and O–H groups in total. The highest BCUT2D eigenvalue weighted by Gasteiger charge is 2.28. The van der Waals surface area contributed by atoms with Gasteiger partial charge in [-0.05, 0) is 31.0 Å². The van der Waals surface area contributed by atoms with E-state index < -0.39 is 11.9 Å². The number of urea groups is 1.